The molecule has 13 heteroatoms. The first-order valence-electron chi connectivity index (χ1n) is 9.56. The van der Waals surface area contributed by atoms with Crippen molar-refractivity contribution in [3.63, 3.8) is 0 Å². The van der Waals surface area contributed by atoms with Gasteiger partial charge in [0.25, 0.3) is 10.1 Å². The SMILES string of the molecule is CC(C)(Br)C(=O)OCCCCCCCCCCOC(=O)CC(C(=O)O)S(=O)(=O)O.[Na].[Na]. The molecule has 0 fully saturated rings. The Balaban J connectivity index is -0.00000392. The fourth-order valence-electron chi connectivity index (χ4n) is 2.32. The molecule has 172 valence electrons. The minimum Gasteiger partial charge on any atom is -0.480 e. The van der Waals surface area contributed by atoms with Crippen molar-refractivity contribution in [1.82, 2.24) is 0 Å². The van der Waals surface area contributed by atoms with Gasteiger partial charge < -0.3 is 14.6 Å². The molecule has 0 saturated heterocycles. The number of alkyl halides is 1. The second-order valence-corrected chi connectivity index (χ2v) is 10.8. The zero-order valence-corrected chi connectivity index (χ0v) is 25.3. The van der Waals surface area contributed by atoms with Crippen LogP contribution in [-0.2, 0) is 34.0 Å². The Morgan fingerprint density at radius 3 is 1.61 bits per heavy atom. The summed E-state index contributed by atoms with van der Waals surface area (Å²) in [5, 5.41) is 6.50. The molecule has 0 aromatic carbocycles. The minimum atomic E-state index is -4.85. The number of carbonyl (C=O) groups is 3. The zero-order valence-electron chi connectivity index (χ0n) is 18.9. The number of carboxylic acid groups (broad SMARTS) is 1. The van der Waals surface area contributed by atoms with E-state index in [4.69, 9.17) is 19.1 Å². The molecule has 0 bridgehead atoms. The van der Waals surface area contributed by atoms with Crippen LogP contribution in [0.3, 0.4) is 0 Å². The Labute approximate surface area is 237 Å². The van der Waals surface area contributed by atoms with Gasteiger partial charge in [-0.15, -0.1) is 0 Å². The number of ether oxygens (including phenoxy) is 2. The summed E-state index contributed by atoms with van der Waals surface area (Å²) >= 11 is 3.24. The number of rotatable bonds is 16. The fourth-order valence-corrected chi connectivity index (χ4v) is 3.03. The van der Waals surface area contributed by atoms with E-state index in [-0.39, 0.29) is 71.7 Å². The van der Waals surface area contributed by atoms with Gasteiger partial charge in [0.15, 0.2) is 5.25 Å². The van der Waals surface area contributed by atoms with Crippen LogP contribution in [0.2, 0.25) is 0 Å². The normalized spacial score (nSPS) is 12.1. The van der Waals surface area contributed by atoms with Gasteiger partial charge in [-0.1, -0.05) is 54.5 Å². The van der Waals surface area contributed by atoms with E-state index >= 15 is 0 Å². The number of hydrogen-bond donors (Lipinski definition) is 2. The summed E-state index contributed by atoms with van der Waals surface area (Å²) in [4.78, 5) is 33.7. The van der Waals surface area contributed by atoms with Crippen LogP contribution in [0.1, 0.15) is 71.6 Å². The Bertz CT molecular complexity index is 636. The second-order valence-electron chi connectivity index (χ2n) is 7.20. The predicted octanol–water partition coefficient (Wildman–Crippen LogP) is 2.34. The third-order valence-electron chi connectivity index (χ3n) is 4.01. The zero-order chi connectivity index (χ0) is 22.5. The van der Waals surface area contributed by atoms with Crippen LogP contribution in [0.15, 0.2) is 0 Å². The van der Waals surface area contributed by atoms with Crippen LogP contribution in [-0.4, -0.2) is 118 Å². The quantitative estimate of drug-likeness (QED) is 0.0975. The van der Waals surface area contributed by atoms with Crippen LogP contribution in [0, 0.1) is 0 Å². The first kappa shape index (κ1) is 36.4. The average molecular weight is 549 g/mol. The van der Waals surface area contributed by atoms with Gasteiger partial charge in [-0.2, -0.15) is 8.42 Å². The van der Waals surface area contributed by atoms with E-state index in [0.29, 0.717) is 13.0 Å². The van der Waals surface area contributed by atoms with E-state index in [9.17, 15) is 22.8 Å². The molecule has 0 rings (SSSR count). The number of carboxylic acids is 1. The first-order chi connectivity index (χ1) is 13.4. The third-order valence-corrected chi connectivity index (χ3v) is 5.42. The van der Waals surface area contributed by atoms with Gasteiger partial charge in [0.1, 0.15) is 4.32 Å². The topological polar surface area (TPSA) is 144 Å². The van der Waals surface area contributed by atoms with Crippen LogP contribution in [0.25, 0.3) is 0 Å². The standard InChI is InChI=1S/C18H31BrO9S.2Na/c1-18(2,19)17(23)28-12-10-8-6-4-3-5-7-9-11-27-15(20)13-14(16(21)22)29(24,25)26;;/h14H,3-13H2,1-2H3,(H,21,22)(H,24,25,26);;. The van der Waals surface area contributed by atoms with E-state index in [0.717, 1.165) is 44.9 Å². The van der Waals surface area contributed by atoms with Gasteiger partial charge >= 0.3 is 17.9 Å². The van der Waals surface area contributed by atoms with Crippen molar-refractivity contribution >= 4 is 103 Å². The predicted molar refractivity (Wildman–Crippen MR) is 121 cm³/mol. The van der Waals surface area contributed by atoms with Gasteiger partial charge in [-0.3, -0.25) is 18.9 Å². The van der Waals surface area contributed by atoms with Crippen molar-refractivity contribution in [3.05, 3.63) is 0 Å². The monoisotopic (exact) mass is 548 g/mol. The van der Waals surface area contributed by atoms with Crippen molar-refractivity contribution < 1.29 is 41.9 Å². The maximum atomic E-state index is 11.5. The summed E-state index contributed by atoms with van der Waals surface area (Å²) in [7, 11) is -4.85. The summed E-state index contributed by atoms with van der Waals surface area (Å²) in [6.07, 6.45) is 6.36. The van der Waals surface area contributed by atoms with Gasteiger partial charge in [0.2, 0.25) is 0 Å². The summed E-state index contributed by atoms with van der Waals surface area (Å²) in [5.41, 5.74) is 0. The molecular formula is C18H31BrNa2O9S. The minimum absolute atomic E-state index is 0. The van der Waals surface area contributed by atoms with Crippen molar-refractivity contribution in [2.45, 2.75) is 81.2 Å². The third kappa shape index (κ3) is 19.9. The van der Waals surface area contributed by atoms with Crippen molar-refractivity contribution in [3.8, 4) is 0 Å². The molecular weight excluding hydrogens is 518 g/mol. The summed E-state index contributed by atoms with van der Waals surface area (Å²) in [6, 6.07) is 0. The van der Waals surface area contributed by atoms with Gasteiger partial charge in [-0.05, 0) is 26.7 Å². The number of carbonyl (C=O) groups excluding carboxylic acids is 2. The molecule has 0 heterocycles. The van der Waals surface area contributed by atoms with E-state index in [1.807, 2.05) is 0 Å². The number of unbranched alkanes of at least 4 members (excludes halogenated alkanes) is 7. The molecule has 2 radical (unpaired) electrons. The second kappa shape index (κ2) is 19.1. The Morgan fingerprint density at radius 1 is 0.871 bits per heavy atom. The first-order valence-corrected chi connectivity index (χ1v) is 11.9. The Kier molecular flexibility index (Phi) is 22.5. The van der Waals surface area contributed by atoms with E-state index in [2.05, 4.69) is 15.9 Å². The molecule has 9 nitrogen and oxygen atoms in total. The summed E-state index contributed by atoms with van der Waals surface area (Å²) < 4.78 is 39.8. The summed E-state index contributed by atoms with van der Waals surface area (Å²) in [6.45, 7) is 3.97. The Morgan fingerprint density at radius 2 is 1.26 bits per heavy atom. The molecule has 0 amide bonds. The molecule has 0 aliphatic carbocycles. The Hall–Kier alpha value is 0.800. The molecule has 0 aliphatic rings. The molecule has 0 spiro atoms. The largest absolute Gasteiger partial charge is 0.480 e. The molecule has 2 N–H and O–H groups in total. The number of esters is 2. The van der Waals surface area contributed by atoms with Crippen LogP contribution in [0.5, 0.6) is 0 Å². The fraction of sp³-hybridized carbons (Fsp3) is 0.833. The van der Waals surface area contributed by atoms with E-state index in [1.54, 1.807) is 13.8 Å². The molecule has 0 saturated carbocycles. The molecule has 31 heavy (non-hydrogen) atoms. The number of hydrogen-bond acceptors (Lipinski definition) is 7. The summed E-state index contributed by atoms with van der Waals surface area (Å²) in [5.74, 6) is -3.04. The van der Waals surface area contributed by atoms with Gasteiger partial charge in [-0.25, -0.2) is 0 Å². The smallest absolute Gasteiger partial charge is 0.325 e. The maximum Gasteiger partial charge on any atom is 0.325 e. The average Bonchev–Trinajstić information content (AvgIpc) is 2.58. The van der Waals surface area contributed by atoms with Crippen molar-refractivity contribution in [1.29, 1.82) is 0 Å². The molecule has 0 aliphatic heterocycles. The van der Waals surface area contributed by atoms with Gasteiger partial charge in [0, 0.05) is 59.1 Å². The van der Waals surface area contributed by atoms with E-state index in [1.165, 1.54) is 0 Å². The number of halogens is 1. The van der Waals surface area contributed by atoms with Crippen molar-refractivity contribution in [2.75, 3.05) is 13.2 Å². The number of aliphatic carboxylic acids is 1. The maximum absolute atomic E-state index is 11.5. The molecule has 1 atom stereocenters. The van der Waals surface area contributed by atoms with Crippen LogP contribution < -0.4 is 0 Å². The molecule has 0 aromatic heterocycles. The molecule has 1 unspecified atom stereocenters. The van der Waals surface area contributed by atoms with Gasteiger partial charge in [0.05, 0.1) is 19.6 Å². The van der Waals surface area contributed by atoms with Crippen molar-refractivity contribution in [2.24, 2.45) is 0 Å². The van der Waals surface area contributed by atoms with E-state index < -0.39 is 38.1 Å². The van der Waals surface area contributed by atoms with Crippen LogP contribution in [0.4, 0.5) is 0 Å². The molecule has 0 aromatic rings. The van der Waals surface area contributed by atoms with Crippen LogP contribution >= 0.6 is 15.9 Å².